The van der Waals surface area contributed by atoms with Crippen LogP contribution in [0.2, 0.25) is 0 Å². The first-order chi connectivity index (χ1) is 9.34. The third-order valence-electron chi connectivity index (χ3n) is 2.84. The van der Waals surface area contributed by atoms with E-state index in [1.807, 2.05) is 0 Å². The van der Waals surface area contributed by atoms with Crippen molar-refractivity contribution in [3.63, 3.8) is 0 Å². The predicted molar refractivity (Wildman–Crippen MR) is 69.0 cm³/mol. The van der Waals surface area contributed by atoms with Crippen LogP contribution < -0.4 is 0 Å². The minimum absolute atomic E-state index is 0.0270. The van der Waals surface area contributed by atoms with Gasteiger partial charge in [-0.05, 0) is 12.1 Å². The highest BCUT2D eigenvalue weighted by Crippen LogP contribution is 2.26. The van der Waals surface area contributed by atoms with E-state index in [0.717, 1.165) is 16.4 Å². The minimum atomic E-state index is -4.31. The lowest BCUT2D eigenvalue weighted by Crippen LogP contribution is -2.50. The molecule has 0 bridgehead atoms. The van der Waals surface area contributed by atoms with E-state index in [2.05, 4.69) is 0 Å². The monoisotopic (exact) mass is 323 g/mol. The molecule has 1 aromatic carbocycles. The fourth-order valence-corrected chi connectivity index (χ4v) is 4.76. The number of carbonyl (C=O) groups is 1. The number of thioether (sulfide) groups is 1. The molecule has 1 N–H and O–H groups in total. The molecule has 0 aromatic heterocycles. The van der Waals surface area contributed by atoms with Crippen molar-refractivity contribution in [2.75, 3.05) is 18.1 Å². The third-order valence-corrected chi connectivity index (χ3v) is 5.81. The van der Waals surface area contributed by atoms with Crippen molar-refractivity contribution in [1.29, 1.82) is 0 Å². The molecule has 1 atom stereocenters. The van der Waals surface area contributed by atoms with Crippen LogP contribution in [0.4, 0.5) is 8.78 Å². The molecular weight excluding hydrogens is 312 g/mol. The molecule has 0 amide bonds. The molecule has 1 heterocycles. The number of halogens is 2. The van der Waals surface area contributed by atoms with Gasteiger partial charge >= 0.3 is 5.97 Å². The molecule has 0 spiro atoms. The topological polar surface area (TPSA) is 74.7 Å². The summed E-state index contributed by atoms with van der Waals surface area (Å²) in [5.74, 6) is -2.90. The van der Waals surface area contributed by atoms with Gasteiger partial charge in [0.1, 0.15) is 22.6 Å². The number of sulfonamides is 1. The van der Waals surface area contributed by atoms with Gasteiger partial charge in [-0.25, -0.2) is 17.2 Å². The van der Waals surface area contributed by atoms with E-state index in [1.54, 1.807) is 0 Å². The van der Waals surface area contributed by atoms with Gasteiger partial charge in [0, 0.05) is 24.1 Å². The standard InChI is InChI=1S/C11H11F2NO4S2/c12-7-1-2-10(8(13)5-7)20(17,18)14-3-4-19-6-9(14)11(15)16/h1-2,5,9H,3-4,6H2,(H,15,16)/t9-/m0/s1. The van der Waals surface area contributed by atoms with Crippen molar-refractivity contribution in [1.82, 2.24) is 4.31 Å². The average molecular weight is 323 g/mol. The zero-order valence-corrected chi connectivity index (χ0v) is 11.8. The molecule has 2 rings (SSSR count). The van der Waals surface area contributed by atoms with Gasteiger partial charge in [-0.2, -0.15) is 16.1 Å². The number of hydrogen-bond acceptors (Lipinski definition) is 4. The summed E-state index contributed by atoms with van der Waals surface area (Å²) in [6.45, 7) is -0.0270. The number of carboxylic acids is 1. The maximum absolute atomic E-state index is 13.6. The van der Waals surface area contributed by atoms with E-state index < -0.39 is 38.6 Å². The summed E-state index contributed by atoms with van der Waals surface area (Å²) in [5, 5.41) is 9.06. The van der Waals surface area contributed by atoms with Crippen LogP contribution in [-0.2, 0) is 14.8 Å². The fourth-order valence-electron chi connectivity index (χ4n) is 1.88. The SMILES string of the molecule is O=C(O)[C@@H]1CSCCN1S(=O)(=O)c1ccc(F)cc1F. The number of benzene rings is 1. The van der Waals surface area contributed by atoms with Gasteiger partial charge in [0.25, 0.3) is 0 Å². The zero-order valence-electron chi connectivity index (χ0n) is 10.1. The summed E-state index contributed by atoms with van der Waals surface area (Å²) in [6, 6.07) is 0.843. The molecule has 1 saturated heterocycles. The molecule has 0 aliphatic carbocycles. The van der Waals surface area contributed by atoms with Crippen LogP contribution in [0.25, 0.3) is 0 Å². The lowest BCUT2D eigenvalue weighted by atomic mass is 10.3. The van der Waals surface area contributed by atoms with Gasteiger partial charge in [-0.3, -0.25) is 4.79 Å². The molecular formula is C11H11F2NO4S2. The van der Waals surface area contributed by atoms with E-state index in [0.29, 0.717) is 11.8 Å². The molecule has 20 heavy (non-hydrogen) atoms. The maximum Gasteiger partial charge on any atom is 0.322 e. The van der Waals surface area contributed by atoms with Gasteiger partial charge in [-0.15, -0.1) is 0 Å². The highest BCUT2D eigenvalue weighted by Gasteiger charge is 2.39. The summed E-state index contributed by atoms with van der Waals surface area (Å²) >= 11 is 1.31. The Morgan fingerprint density at radius 1 is 1.40 bits per heavy atom. The van der Waals surface area contributed by atoms with Crippen LogP contribution in [0.1, 0.15) is 0 Å². The Morgan fingerprint density at radius 2 is 2.10 bits per heavy atom. The summed E-state index contributed by atoms with van der Waals surface area (Å²) in [7, 11) is -4.31. The van der Waals surface area contributed by atoms with Crippen LogP contribution in [-0.4, -0.2) is 47.9 Å². The Balaban J connectivity index is 2.45. The van der Waals surface area contributed by atoms with E-state index >= 15 is 0 Å². The van der Waals surface area contributed by atoms with Crippen molar-refractivity contribution >= 4 is 27.8 Å². The Morgan fingerprint density at radius 3 is 2.70 bits per heavy atom. The summed E-state index contributed by atoms with van der Waals surface area (Å²) in [6.07, 6.45) is 0. The maximum atomic E-state index is 13.6. The van der Waals surface area contributed by atoms with E-state index in [1.165, 1.54) is 11.8 Å². The smallest absolute Gasteiger partial charge is 0.322 e. The normalized spacial score (nSPS) is 20.8. The van der Waals surface area contributed by atoms with E-state index in [9.17, 15) is 22.0 Å². The van der Waals surface area contributed by atoms with Crippen LogP contribution in [0, 0.1) is 11.6 Å². The molecule has 5 nitrogen and oxygen atoms in total. The molecule has 1 aromatic rings. The quantitative estimate of drug-likeness (QED) is 0.903. The molecule has 110 valence electrons. The number of rotatable bonds is 3. The van der Waals surface area contributed by atoms with Crippen molar-refractivity contribution in [2.24, 2.45) is 0 Å². The lowest BCUT2D eigenvalue weighted by molar-refractivity contribution is -0.140. The van der Waals surface area contributed by atoms with Crippen LogP contribution >= 0.6 is 11.8 Å². The molecule has 0 radical (unpaired) electrons. The number of carboxylic acid groups (broad SMARTS) is 1. The van der Waals surface area contributed by atoms with Gasteiger partial charge in [0.2, 0.25) is 10.0 Å². The Labute approximate surface area is 118 Å². The predicted octanol–water partition coefficient (Wildman–Crippen LogP) is 1.16. The largest absolute Gasteiger partial charge is 0.480 e. The van der Waals surface area contributed by atoms with Crippen molar-refractivity contribution in [3.8, 4) is 0 Å². The van der Waals surface area contributed by atoms with Gasteiger partial charge < -0.3 is 5.11 Å². The first-order valence-corrected chi connectivity index (χ1v) is 8.21. The van der Waals surface area contributed by atoms with E-state index in [-0.39, 0.29) is 12.3 Å². The van der Waals surface area contributed by atoms with Crippen LogP contribution in [0.5, 0.6) is 0 Å². The number of aliphatic carboxylic acids is 1. The van der Waals surface area contributed by atoms with Crippen LogP contribution in [0.3, 0.4) is 0 Å². The van der Waals surface area contributed by atoms with Crippen LogP contribution in [0.15, 0.2) is 23.1 Å². The first-order valence-electron chi connectivity index (χ1n) is 5.61. The second-order valence-electron chi connectivity index (χ2n) is 4.12. The summed E-state index contributed by atoms with van der Waals surface area (Å²) < 4.78 is 51.9. The van der Waals surface area contributed by atoms with Crippen molar-refractivity contribution in [2.45, 2.75) is 10.9 Å². The Hall–Kier alpha value is -1.19. The third kappa shape index (κ3) is 2.79. The molecule has 0 unspecified atom stereocenters. The zero-order chi connectivity index (χ0) is 14.9. The second-order valence-corrected chi connectivity index (χ2v) is 7.13. The van der Waals surface area contributed by atoms with Crippen molar-refractivity contribution in [3.05, 3.63) is 29.8 Å². The lowest BCUT2D eigenvalue weighted by Gasteiger charge is -2.31. The number of hydrogen-bond donors (Lipinski definition) is 1. The molecule has 1 fully saturated rings. The molecule has 0 saturated carbocycles. The van der Waals surface area contributed by atoms with E-state index in [4.69, 9.17) is 5.11 Å². The highest BCUT2D eigenvalue weighted by molar-refractivity contribution is 7.99. The summed E-state index contributed by atoms with van der Waals surface area (Å²) in [5.41, 5.74) is 0. The van der Waals surface area contributed by atoms with Gasteiger partial charge in [0.05, 0.1) is 0 Å². The summed E-state index contributed by atoms with van der Waals surface area (Å²) in [4.78, 5) is 10.4. The first kappa shape index (κ1) is 15.2. The second kappa shape index (κ2) is 5.66. The Kier molecular flexibility index (Phi) is 4.31. The van der Waals surface area contributed by atoms with Gasteiger partial charge in [-0.1, -0.05) is 0 Å². The number of nitrogens with zero attached hydrogens (tertiary/aromatic N) is 1. The average Bonchev–Trinajstić information content (AvgIpc) is 2.38. The fraction of sp³-hybridized carbons (Fsp3) is 0.364. The van der Waals surface area contributed by atoms with Gasteiger partial charge in [0.15, 0.2) is 0 Å². The van der Waals surface area contributed by atoms with Crippen molar-refractivity contribution < 1.29 is 27.1 Å². The Bertz CT molecular complexity index is 635. The molecule has 1 aliphatic heterocycles. The minimum Gasteiger partial charge on any atom is -0.480 e. The molecule has 1 aliphatic rings. The highest BCUT2D eigenvalue weighted by atomic mass is 32.2. The molecule has 9 heteroatoms.